The van der Waals surface area contributed by atoms with Crippen LogP contribution in [0.1, 0.15) is 45.4 Å². The number of hydrogen-bond acceptors (Lipinski definition) is 2. The number of hydrogen-bond donors (Lipinski definition) is 2. The molecule has 0 spiro atoms. The van der Waals surface area contributed by atoms with E-state index in [1.807, 2.05) is 6.92 Å². The van der Waals surface area contributed by atoms with Crippen LogP contribution in [-0.2, 0) is 0 Å². The van der Waals surface area contributed by atoms with E-state index < -0.39 is 12.1 Å². The van der Waals surface area contributed by atoms with Crippen LogP contribution in [0.5, 0.6) is 0 Å². The lowest BCUT2D eigenvalue weighted by Crippen LogP contribution is -2.44. The van der Waals surface area contributed by atoms with Gasteiger partial charge in [-0.3, -0.25) is 11.3 Å². The summed E-state index contributed by atoms with van der Waals surface area (Å²) in [6.45, 7) is 2.02. The van der Waals surface area contributed by atoms with Crippen molar-refractivity contribution in [1.82, 2.24) is 5.43 Å². The number of nitrogens with one attached hydrogen (secondary N) is 1. The van der Waals surface area contributed by atoms with Crippen molar-refractivity contribution in [2.45, 2.75) is 57.7 Å². The Labute approximate surface area is 94.7 Å². The summed E-state index contributed by atoms with van der Waals surface area (Å²) in [7, 11) is 0. The van der Waals surface area contributed by atoms with Gasteiger partial charge in [0, 0.05) is 6.04 Å². The third-order valence-electron chi connectivity index (χ3n) is 3.56. The molecule has 1 aliphatic carbocycles. The Bertz CT molecular complexity index is 206. The van der Waals surface area contributed by atoms with E-state index in [2.05, 4.69) is 5.43 Å². The Morgan fingerprint density at radius 3 is 2.56 bits per heavy atom. The first kappa shape index (κ1) is 13.8. The molecule has 1 saturated carbocycles. The zero-order valence-corrected chi connectivity index (χ0v) is 9.69. The Morgan fingerprint density at radius 1 is 1.38 bits per heavy atom. The van der Waals surface area contributed by atoms with Crippen LogP contribution in [0.15, 0.2) is 0 Å². The van der Waals surface area contributed by atoms with E-state index in [4.69, 9.17) is 5.84 Å². The van der Waals surface area contributed by atoms with E-state index in [1.54, 1.807) is 0 Å². The fourth-order valence-corrected chi connectivity index (χ4v) is 2.66. The van der Waals surface area contributed by atoms with Gasteiger partial charge in [-0.2, -0.15) is 13.2 Å². The average molecular weight is 238 g/mol. The second-order valence-corrected chi connectivity index (χ2v) is 4.73. The third kappa shape index (κ3) is 3.63. The first-order chi connectivity index (χ1) is 7.49. The highest BCUT2D eigenvalue weighted by molar-refractivity contribution is 4.83. The fourth-order valence-electron chi connectivity index (χ4n) is 2.66. The standard InChI is InChI=1S/C11H21F3N2/c1-2-4-10(16-15)8-5-3-6-9(7-8)11(12,13)14/h8-10,16H,2-7,15H2,1H3. The molecule has 3 N–H and O–H groups in total. The molecule has 3 atom stereocenters. The number of nitrogens with two attached hydrogens (primary N) is 1. The minimum absolute atomic E-state index is 0.0372. The number of hydrazine groups is 1. The summed E-state index contributed by atoms with van der Waals surface area (Å²) in [5.41, 5.74) is 2.68. The molecule has 16 heavy (non-hydrogen) atoms. The Balaban J connectivity index is 2.55. The topological polar surface area (TPSA) is 38.0 Å². The molecule has 0 aliphatic heterocycles. The van der Waals surface area contributed by atoms with Gasteiger partial charge in [-0.1, -0.05) is 19.8 Å². The molecule has 3 unspecified atom stereocenters. The van der Waals surface area contributed by atoms with Gasteiger partial charge in [0.05, 0.1) is 5.92 Å². The van der Waals surface area contributed by atoms with Crippen LogP contribution in [-0.4, -0.2) is 12.2 Å². The van der Waals surface area contributed by atoms with E-state index in [1.165, 1.54) is 0 Å². The molecule has 1 rings (SSSR count). The van der Waals surface area contributed by atoms with Crippen molar-refractivity contribution in [3.8, 4) is 0 Å². The second-order valence-electron chi connectivity index (χ2n) is 4.73. The summed E-state index contributed by atoms with van der Waals surface area (Å²) in [4.78, 5) is 0. The zero-order chi connectivity index (χ0) is 12.2. The molecule has 0 aromatic carbocycles. The van der Waals surface area contributed by atoms with E-state index in [0.717, 1.165) is 19.3 Å². The summed E-state index contributed by atoms with van der Waals surface area (Å²) < 4.78 is 37.8. The highest BCUT2D eigenvalue weighted by atomic mass is 19.4. The number of alkyl halides is 3. The third-order valence-corrected chi connectivity index (χ3v) is 3.56. The molecule has 0 saturated heterocycles. The van der Waals surface area contributed by atoms with Crippen LogP contribution >= 0.6 is 0 Å². The fraction of sp³-hybridized carbons (Fsp3) is 1.00. The van der Waals surface area contributed by atoms with Crippen LogP contribution in [0.4, 0.5) is 13.2 Å². The van der Waals surface area contributed by atoms with Crippen molar-refractivity contribution >= 4 is 0 Å². The molecule has 96 valence electrons. The predicted molar refractivity (Wildman–Crippen MR) is 57.5 cm³/mol. The van der Waals surface area contributed by atoms with Gasteiger partial charge in [0.2, 0.25) is 0 Å². The highest BCUT2D eigenvalue weighted by Gasteiger charge is 2.43. The van der Waals surface area contributed by atoms with Crippen LogP contribution in [0.3, 0.4) is 0 Å². The Morgan fingerprint density at radius 2 is 2.06 bits per heavy atom. The molecule has 0 aromatic heterocycles. The minimum Gasteiger partial charge on any atom is -0.271 e. The molecule has 0 heterocycles. The molecule has 1 aliphatic rings. The summed E-state index contributed by atoms with van der Waals surface area (Å²) in [5, 5.41) is 0. The van der Waals surface area contributed by atoms with Gasteiger partial charge < -0.3 is 0 Å². The lowest BCUT2D eigenvalue weighted by molar-refractivity contribution is -0.186. The van der Waals surface area contributed by atoms with Gasteiger partial charge >= 0.3 is 6.18 Å². The van der Waals surface area contributed by atoms with Gasteiger partial charge in [0.25, 0.3) is 0 Å². The SMILES string of the molecule is CCCC(NN)C1CCCC(C(F)(F)F)C1. The zero-order valence-electron chi connectivity index (χ0n) is 9.69. The summed E-state index contributed by atoms with van der Waals surface area (Å²) in [6.07, 6.45) is -0.197. The lowest BCUT2D eigenvalue weighted by atomic mass is 9.76. The minimum atomic E-state index is -4.04. The van der Waals surface area contributed by atoms with E-state index >= 15 is 0 Å². The molecule has 0 bridgehead atoms. The molecular formula is C11H21F3N2. The van der Waals surface area contributed by atoms with E-state index in [0.29, 0.717) is 6.42 Å². The van der Waals surface area contributed by atoms with Crippen LogP contribution < -0.4 is 11.3 Å². The van der Waals surface area contributed by atoms with Gasteiger partial charge in [-0.25, -0.2) is 0 Å². The van der Waals surface area contributed by atoms with Gasteiger partial charge in [-0.15, -0.1) is 0 Å². The Hall–Kier alpha value is -0.290. The van der Waals surface area contributed by atoms with Gasteiger partial charge in [-0.05, 0) is 31.6 Å². The highest BCUT2D eigenvalue weighted by Crippen LogP contribution is 2.41. The average Bonchev–Trinajstić information content (AvgIpc) is 2.25. The normalized spacial score (nSPS) is 29.1. The second kappa shape index (κ2) is 5.87. The van der Waals surface area contributed by atoms with Crippen molar-refractivity contribution in [2.24, 2.45) is 17.7 Å². The maximum absolute atomic E-state index is 12.6. The summed E-state index contributed by atoms with van der Waals surface area (Å²) in [6, 6.07) is 0.0372. The monoisotopic (exact) mass is 238 g/mol. The first-order valence-corrected chi connectivity index (χ1v) is 6.01. The molecule has 0 radical (unpaired) electrons. The molecule has 0 aromatic rings. The van der Waals surface area contributed by atoms with Crippen LogP contribution in [0, 0.1) is 11.8 Å². The van der Waals surface area contributed by atoms with Crippen molar-refractivity contribution in [3.63, 3.8) is 0 Å². The molecule has 2 nitrogen and oxygen atoms in total. The van der Waals surface area contributed by atoms with Gasteiger partial charge in [0.1, 0.15) is 0 Å². The summed E-state index contributed by atoms with van der Waals surface area (Å²) in [5.74, 6) is 4.36. The Kier molecular flexibility index (Phi) is 5.05. The summed E-state index contributed by atoms with van der Waals surface area (Å²) >= 11 is 0. The lowest BCUT2D eigenvalue weighted by Gasteiger charge is -2.35. The van der Waals surface area contributed by atoms with Gasteiger partial charge in [0.15, 0.2) is 0 Å². The molecule has 1 fully saturated rings. The van der Waals surface area contributed by atoms with Crippen molar-refractivity contribution < 1.29 is 13.2 Å². The number of rotatable bonds is 4. The predicted octanol–water partition coefficient (Wildman–Crippen LogP) is 2.99. The quantitative estimate of drug-likeness (QED) is 0.583. The maximum Gasteiger partial charge on any atom is 0.391 e. The molecule has 5 heteroatoms. The van der Waals surface area contributed by atoms with E-state index in [9.17, 15) is 13.2 Å². The number of halogens is 3. The van der Waals surface area contributed by atoms with Crippen molar-refractivity contribution in [2.75, 3.05) is 0 Å². The smallest absolute Gasteiger partial charge is 0.271 e. The van der Waals surface area contributed by atoms with Crippen LogP contribution in [0.25, 0.3) is 0 Å². The van der Waals surface area contributed by atoms with Crippen molar-refractivity contribution in [1.29, 1.82) is 0 Å². The first-order valence-electron chi connectivity index (χ1n) is 6.01. The van der Waals surface area contributed by atoms with Crippen molar-refractivity contribution in [3.05, 3.63) is 0 Å². The van der Waals surface area contributed by atoms with E-state index in [-0.39, 0.29) is 24.8 Å². The molecule has 0 amide bonds. The molecular weight excluding hydrogens is 217 g/mol. The largest absolute Gasteiger partial charge is 0.391 e. The van der Waals surface area contributed by atoms with Crippen LogP contribution in [0.2, 0.25) is 0 Å². The maximum atomic E-state index is 12.6.